The van der Waals surface area contributed by atoms with Gasteiger partial charge < -0.3 is 13.9 Å². The van der Waals surface area contributed by atoms with Gasteiger partial charge in [0, 0.05) is 31.6 Å². The summed E-state index contributed by atoms with van der Waals surface area (Å²) in [7, 11) is 1.84. The van der Waals surface area contributed by atoms with Gasteiger partial charge in [0.15, 0.2) is 10.6 Å². The lowest BCUT2D eigenvalue weighted by Crippen LogP contribution is -2.48. The maximum absolute atomic E-state index is 12.9. The highest BCUT2D eigenvalue weighted by atomic mass is 32.1. The smallest absolute Gasteiger partial charge is 0.290 e. The molecule has 0 aliphatic carbocycles. The standard InChI is InChI=1S/C19H17N3O3S/c1-21-8-10-26-19(21)20-17(23)15-11-13-5-2-3-6-14(13)12-22(15)18(24)16-7-4-9-25-16/h2-10,15H,11-12H2,1H3. The summed E-state index contributed by atoms with van der Waals surface area (Å²) in [4.78, 5) is 32.2. The Morgan fingerprint density at radius 3 is 2.69 bits per heavy atom. The second-order valence-electron chi connectivity index (χ2n) is 6.15. The van der Waals surface area contributed by atoms with Crippen molar-refractivity contribution in [1.29, 1.82) is 0 Å². The van der Waals surface area contributed by atoms with E-state index in [1.54, 1.807) is 21.6 Å². The Hall–Kier alpha value is -2.93. The molecule has 1 aromatic carbocycles. The van der Waals surface area contributed by atoms with Crippen molar-refractivity contribution in [3.8, 4) is 0 Å². The molecule has 6 nitrogen and oxygen atoms in total. The number of hydrogen-bond donors (Lipinski definition) is 0. The lowest BCUT2D eigenvalue weighted by Gasteiger charge is -2.34. The van der Waals surface area contributed by atoms with Crippen molar-refractivity contribution in [2.75, 3.05) is 0 Å². The number of carbonyl (C=O) groups is 2. The van der Waals surface area contributed by atoms with Crippen LogP contribution in [0.2, 0.25) is 0 Å². The summed E-state index contributed by atoms with van der Waals surface area (Å²) in [5.74, 6) is -0.394. The van der Waals surface area contributed by atoms with Crippen LogP contribution < -0.4 is 4.80 Å². The first-order valence-electron chi connectivity index (χ1n) is 8.23. The quantitative estimate of drug-likeness (QED) is 0.698. The fourth-order valence-electron chi connectivity index (χ4n) is 3.10. The highest BCUT2D eigenvalue weighted by Crippen LogP contribution is 2.25. The molecule has 3 aromatic rings. The number of amides is 2. The number of thiazole rings is 1. The van der Waals surface area contributed by atoms with E-state index in [2.05, 4.69) is 4.99 Å². The van der Waals surface area contributed by atoms with Crippen molar-refractivity contribution >= 4 is 23.2 Å². The molecule has 0 bridgehead atoms. The first-order chi connectivity index (χ1) is 12.6. The van der Waals surface area contributed by atoms with E-state index in [9.17, 15) is 9.59 Å². The average molecular weight is 367 g/mol. The number of aromatic nitrogens is 1. The third kappa shape index (κ3) is 3.01. The lowest BCUT2D eigenvalue weighted by molar-refractivity contribution is -0.123. The number of aryl methyl sites for hydroxylation is 1. The highest BCUT2D eigenvalue weighted by molar-refractivity contribution is 7.07. The van der Waals surface area contributed by atoms with Gasteiger partial charge in [0.2, 0.25) is 0 Å². The Morgan fingerprint density at radius 1 is 1.19 bits per heavy atom. The van der Waals surface area contributed by atoms with Crippen LogP contribution in [0, 0.1) is 0 Å². The summed E-state index contributed by atoms with van der Waals surface area (Å²) < 4.78 is 7.04. The Balaban J connectivity index is 1.73. The SMILES string of the molecule is Cn1ccsc1=NC(=O)C1Cc2ccccc2CN1C(=O)c1ccco1. The molecule has 2 amide bonds. The minimum atomic E-state index is -0.649. The number of furan rings is 1. The molecule has 3 heterocycles. The number of carbonyl (C=O) groups excluding carboxylic acids is 2. The molecule has 0 radical (unpaired) electrons. The van der Waals surface area contributed by atoms with E-state index in [0.717, 1.165) is 11.1 Å². The van der Waals surface area contributed by atoms with E-state index < -0.39 is 6.04 Å². The second-order valence-corrected chi connectivity index (χ2v) is 7.02. The van der Waals surface area contributed by atoms with Crippen LogP contribution >= 0.6 is 11.3 Å². The van der Waals surface area contributed by atoms with Crippen LogP contribution in [0.4, 0.5) is 0 Å². The number of nitrogens with zero attached hydrogens (tertiary/aromatic N) is 3. The van der Waals surface area contributed by atoms with Crippen LogP contribution in [-0.2, 0) is 24.8 Å². The van der Waals surface area contributed by atoms with Crippen molar-refractivity contribution in [1.82, 2.24) is 9.47 Å². The van der Waals surface area contributed by atoms with Crippen LogP contribution in [0.3, 0.4) is 0 Å². The van der Waals surface area contributed by atoms with E-state index >= 15 is 0 Å². The first kappa shape index (κ1) is 16.5. The fourth-order valence-corrected chi connectivity index (χ4v) is 3.84. The number of rotatable bonds is 2. The Morgan fingerprint density at radius 2 is 2.00 bits per heavy atom. The molecule has 0 spiro atoms. The third-order valence-corrected chi connectivity index (χ3v) is 5.34. The summed E-state index contributed by atoms with van der Waals surface area (Å²) in [6, 6.07) is 10.5. The Labute approximate surface area is 154 Å². The van der Waals surface area contributed by atoms with E-state index in [-0.39, 0.29) is 17.6 Å². The summed E-state index contributed by atoms with van der Waals surface area (Å²) in [5, 5.41) is 1.87. The van der Waals surface area contributed by atoms with Gasteiger partial charge in [0.25, 0.3) is 11.8 Å². The van der Waals surface area contributed by atoms with Crippen LogP contribution in [0.25, 0.3) is 0 Å². The van der Waals surface area contributed by atoms with E-state index in [4.69, 9.17) is 4.42 Å². The first-order valence-corrected chi connectivity index (χ1v) is 9.11. The van der Waals surface area contributed by atoms with Crippen molar-refractivity contribution in [2.24, 2.45) is 12.0 Å². The molecular weight excluding hydrogens is 350 g/mol. The normalized spacial score (nSPS) is 17.2. The monoisotopic (exact) mass is 367 g/mol. The molecule has 132 valence electrons. The molecule has 0 N–H and O–H groups in total. The van der Waals surface area contributed by atoms with Crippen molar-refractivity contribution in [2.45, 2.75) is 19.0 Å². The van der Waals surface area contributed by atoms with E-state index in [1.807, 2.05) is 42.9 Å². The molecule has 0 saturated heterocycles. The average Bonchev–Trinajstić information content (AvgIpc) is 3.32. The van der Waals surface area contributed by atoms with Crippen molar-refractivity contribution in [3.63, 3.8) is 0 Å². The highest BCUT2D eigenvalue weighted by Gasteiger charge is 2.35. The summed E-state index contributed by atoms with van der Waals surface area (Å²) in [5.41, 5.74) is 2.11. The maximum Gasteiger partial charge on any atom is 0.290 e. The predicted molar refractivity (Wildman–Crippen MR) is 96.4 cm³/mol. The molecular formula is C19H17N3O3S. The van der Waals surface area contributed by atoms with E-state index in [0.29, 0.717) is 17.8 Å². The van der Waals surface area contributed by atoms with Gasteiger partial charge in [-0.2, -0.15) is 4.99 Å². The van der Waals surface area contributed by atoms with Gasteiger partial charge in [-0.3, -0.25) is 9.59 Å². The zero-order chi connectivity index (χ0) is 18.1. The Kier molecular flexibility index (Phi) is 4.30. The maximum atomic E-state index is 12.9. The molecule has 1 aliphatic heterocycles. The Bertz CT molecular complexity index is 1020. The molecule has 7 heteroatoms. The summed E-state index contributed by atoms with van der Waals surface area (Å²) in [6.07, 6.45) is 3.75. The van der Waals surface area contributed by atoms with Crippen molar-refractivity contribution < 1.29 is 14.0 Å². The largest absolute Gasteiger partial charge is 0.459 e. The predicted octanol–water partition coefficient (Wildman–Crippen LogP) is 2.37. The number of fused-ring (bicyclic) bond motifs is 1. The summed E-state index contributed by atoms with van der Waals surface area (Å²) >= 11 is 1.39. The van der Waals surface area contributed by atoms with Crippen LogP contribution in [0.5, 0.6) is 0 Å². The van der Waals surface area contributed by atoms with Crippen LogP contribution in [0.1, 0.15) is 21.7 Å². The molecule has 26 heavy (non-hydrogen) atoms. The summed E-state index contributed by atoms with van der Waals surface area (Å²) in [6.45, 7) is 0.359. The van der Waals surface area contributed by atoms with Gasteiger partial charge in [0.05, 0.1) is 6.26 Å². The minimum absolute atomic E-state index is 0.226. The van der Waals surface area contributed by atoms with Gasteiger partial charge in [0.1, 0.15) is 6.04 Å². The zero-order valence-electron chi connectivity index (χ0n) is 14.2. The van der Waals surface area contributed by atoms with E-state index in [1.165, 1.54) is 17.6 Å². The molecule has 0 fully saturated rings. The topological polar surface area (TPSA) is 67.8 Å². The number of hydrogen-bond acceptors (Lipinski definition) is 4. The lowest BCUT2D eigenvalue weighted by atomic mass is 9.93. The van der Waals surface area contributed by atoms with Crippen molar-refractivity contribution in [3.05, 3.63) is 75.9 Å². The molecule has 1 atom stereocenters. The second kappa shape index (κ2) is 6.76. The molecule has 0 saturated carbocycles. The van der Waals surface area contributed by atoms with Gasteiger partial charge in [-0.1, -0.05) is 24.3 Å². The molecule has 2 aromatic heterocycles. The van der Waals surface area contributed by atoms with Gasteiger partial charge in [-0.15, -0.1) is 11.3 Å². The van der Waals surface area contributed by atoms with Gasteiger partial charge >= 0.3 is 0 Å². The third-order valence-electron chi connectivity index (χ3n) is 4.49. The fraction of sp³-hybridized carbons (Fsp3) is 0.211. The molecule has 1 aliphatic rings. The zero-order valence-corrected chi connectivity index (χ0v) is 15.0. The van der Waals surface area contributed by atoms with Gasteiger partial charge in [-0.05, 0) is 23.3 Å². The van der Waals surface area contributed by atoms with Crippen LogP contribution in [0.15, 0.2) is 63.6 Å². The van der Waals surface area contributed by atoms with Crippen LogP contribution in [-0.4, -0.2) is 27.3 Å². The molecule has 4 rings (SSSR count). The molecule has 1 unspecified atom stereocenters. The van der Waals surface area contributed by atoms with Gasteiger partial charge in [-0.25, -0.2) is 0 Å². The number of benzene rings is 1. The minimum Gasteiger partial charge on any atom is -0.459 e.